The Morgan fingerprint density at radius 2 is 1.86 bits per heavy atom. The number of nitrogens with zero attached hydrogens (tertiary/aromatic N) is 1. The molecular weight excluding hydrogens is 296 g/mol. The van der Waals surface area contributed by atoms with Crippen molar-refractivity contribution in [2.45, 2.75) is 39.0 Å². The summed E-state index contributed by atoms with van der Waals surface area (Å²) in [4.78, 5) is 14.5. The summed E-state index contributed by atoms with van der Waals surface area (Å²) < 4.78 is 0. The number of rotatable bonds is 6. The van der Waals surface area contributed by atoms with Crippen molar-refractivity contribution in [2.24, 2.45) is 17.6 Å². The van der Waals surface area contributed by atoms with Crippen LogP contribution >= 0.6 is 12.4 Å². The Morgan fingerprint density at radius 1 is 1.23 bits per heavy atom. The first-order valence-electron chi connectivity index (χ1n) is 8.22. The van der Waals surface area contributed by atoms with Gasteiger partial charge in [-0.2, -0.15) is 0 Å². The molecule has 0 unspecified atom stereocenters. The maximum Gasteiger partial charge on any atom is 0.222 e. The van der Waals surface area contributed by atoms with Crippen LogP contribution in [0.4, 0.5) is 0 Å². The van der Waals surface area contributed by atoms with Crippen LogP contribution in [0.5, 0.6) is 0 Å². The third kappa shape index (κ3) is 4.47. The molecule has 4 heteroatoms. The zero-order valence-corrected chi connectivity index (χ0v) is 14.5. The van der Waals surface area contributed by atoms with E-state index in [0.29, 0.717) is 36.6 Å². The van der Waals surface area contributed by atoms with E-state index in [-0.39, 0.29) is 12.4 Å². The molecule has 1 aromatic rings. The highest BCUT2D eigenvalue weighted by Gasteiger charge is 2.35. The molecule has 0 aliphatic carbocycles. The topological polar surface area (TPSA) is 46.3 Å². The summed E-state index contributed by atoms with van der Waals surface area (Å²) in [7, 11) is 0. The Labute approximate surface area is 140 Å². The van der Waals surface area contributed by atoms with Gasteiger partial charge in [-0.05, 0) is 23.9 Å². The molecule has 0 bridgehead atoms. The van der Waals surface area contributed by atoms with Crippen LogP contribution in [-0.4, -0.2) is 30.4 Å². The molecule has 2 N–H and O–H groups in total. The molecule has 0 radical (unpaired) electrons. The lowest BCUT2D eigenvalue weighted by molar-refractivity contribution is -0.131. The van der Waals surface area contributed by atoms with Gasteiger partial charge >= 0.3 is 0 Å². The first kappa shape index (κ1) is 19.0. The van der Waals surface area contributed by atoms with E-state index in [0.717, 1.165) is 25.9 Å². The minimum absolute atomic E-state index is 0. The normalized spacial score (nSPS) is 21.0. The van der Waals surface area contributed by atoms with Crippen LogP contribution < -0.4 is 5.73 Å². The van der Waals surface area contributed by atoms with E-state index >= 15 is 0 Å². The minimum atomic E-state index is 0. The van der Waals surface area contributed by atoms with Crippen LogP contribution in [0.1, 0.15) is 44.6 Å². The largest absolute Gasteiger partial charge is 0.342 e. The van der Waals surface area contributed by atoms with Gasteiger partial charge in [-0.1, -0.05) is 57.0 Å². The number of carbonyl (C=O) groups excluding carboxylic acids is 1. The molecular formula is C18H29ClN2O. The highest BCUT2D eigenvalue weighted by molar-refractivity contribution is 5.85. The van der Waals surface area contributed by atoms with Gasteiger partial charge in [-0.25, -0.2) is 0 Å². The van der Waals surface area contributed by atoms with E-state index in [1.807, 2.05) is 11.0 Å². The quantitative estimate of drug-likeness (QED) is 0.871. The number of hydrogen-bond acceptors (Lipinski definition) is 2. The maximum absolute atomic E-state index is 12.5. The molecule has 1 amide bonds. The first-order valence-corrected chi connectivity index (χ1v) is 8.22. The number of carbonyl (C=O) groups is 1. The molecule has 2 rings (SSSR count). The average molecular weight is 325 g/mol. The van der Waals surface area contributed by atoms with Crippen LogP contribution in [0.2, 0.25) is 0 Å². The minimum Gasteiger partial charge on any atom is -0.342 e. The van der Waals surface area contributed by atoms with Gasteiger partial charge in [-0.15, -0.1) is 12.4 Å². The lowest BCUT2D eigenvalue weighted by Gasteiger charge is -2.20. The Bertz CT molecular complexity index is 448. The molecule has 0 saturated carbocycles. The number of hydrogen-bond donors (Lipinski definition) is 1. The van der Waals surface area contributed by atoms with Crippen LogP contribution in [0.15, 0.2) is 30.3 Å². The monoisotopic (exact) mass is 324 g/mol. The first-order chi connectivity index (χ1) is 10.2. The fourth-order valence-corrected chi connectivity index (χ4v) is 3.35. The van der Waals surface area contributed by atoms with Gasteiger partial charge < -0.3 is 10.6 Å². The van der Waals surface area contributed by atoms with Gasteiger partial charge in [0.15, 0.2) is 0 Å². The van der Waals surface area contributed by atoms with Crippen molar-refractivity contribution in [3.8, 4) is 0 Å². The second-order valence-corrected chi connectivity index (χ2v) is 6.20. The second kappa shape index (κ2) is 9.16. The van der Waals surface area contributed by atoms with E-state index in [1.165, 1.54) is 5.56 Å². The van der Waals surface area contributed by atoms with Crippen molar-refractivity contribution in [2.75, 3.05) is 19.6 Å². The highest BCUT2D eigenvalue weighted by atomic mass is 35.5. The van der Waals surface area contributed by atoms with Crippen LogP contribution in [0.25, 0.3) is 0 Å². The standard InChI is InChI=1S/C18H28N2O.ClH/c1-3-14(4-2)10-18(21)20-12-16(11-19)17(13-20)15-8-6-5-7-9-15;/h5-9,14,16-17H,3-4,10-13,19H2,1-2H3;1H/t16-,17+;/m1./s1. The SMILES string of the molecule is CCC(CC)CC(=O)N1C[C@@H](CN)[C@H](c2ccccc2)C1.Cl. The van der Waals surface area contributed by atoms with E-state index in [1.54, 1.807) is 0 Å². The van der Waals surface area contributed by atoms with Gasteiger partial charge in [0.2, 0.25) is 5.91 Å². The van der Waals surface area contributed by atoms with Gasteiger partial charge in [0.25, 0.3) is 0 Å². The van der Waals surface area contributed by atoms with E-state index in [9.17, 15) is 4.79 Å². The van der Waals surface area contributed by atoms with Crippen molar-refractivity contribution in [1.82, 2.24) is 4.90 Å². The van der Waals surface area contributed by atoms with Gasteiger partial charge in [0.05, 0.1) is 0 Å². The third-order valence-corrected chi connectivity index (χ3v) is 4.94. The predicted octanol–water partition coefficient (Wildman–Crippen LogP) is 3.44. The molecule has 1 aromatic carbocycles. The molecule has 124 valence electrons. The summed E-state index contributed by atoms with van der Waals surface area (Å²) in [6.07, 6.45) is 2.85. The summed E-state index contributed by atoms with van der Waals surface area (Å²) in [6, 6.07) is 10.5. The summed E-state index contributed by atoms with van der Waals surface area (Å²) in [6.45, 7) is 6.62. The summed E-state index contributed by atoms with van der Waals surface area (Å²) in [5, 5.41) is 0. The Morgan fingerprint density at radius 3 is 2.41 bits per heavy atom. The summed E-state index contributed by atoms with van der Waals surface area (Å²) >= 11 is 0. The third-order valence-electron chi connectivity index (χ3n) is 4.94. The lowest BCUT2D eigenvalue weighted by Crippen LogP contribution is -2.31. The van der Waals surface area contributed by atoms with E-state index in [4.69, 9.17) is 5.73 Å². The fourth-order valence-electron chi connectivity index (χ4n) is 3.35. The van der Waals surface area contributed by atoms with Crippen LogP contribution in [-0.2, 0) is 4.79 Å². The highest BCUT2D eigenvalue weighted by Crippen LogP contribution is 2.32. The average Bonchev–Trinajstić information content (AvgIpc) is 2.97. The summed E-state index contributed by atoms with van der Waals surface area (Å²) in [5.74, 6) is 1.60. The van der Waals surface area contributed by atoms with Crippen molar-refractivity contribution in [3.05, 3.63) is 35.9 Å². The van der Waals surface area contributed by atoms with Gasteiger partial charge in [-0.3, -0.25) is 4.79 Å². The number of nitrogens with two attached hydrogens (primary N) is 1. The molecule has 1 aliphatic heterocycles. The van der Waals surface area contributed by atoms with Gasteiger partial charge in [0.1, 0.15) is 0 Å². The molecule has 1 saturated heterocycles. The van der Waals surface area contributed by atoms with Crippen molar-refractivity contribution in [3.63, 3.8) is 0 Å². The van der Waals surface area contributed by atoms with Gasteiger partial charge in [0, 0.05) is 25.4 Å². The van der Waals surface area contributed by atoms with Crippen LogP contribution in [0.3, 0.4) is 0 Å². The predicted molar refractivity (Wildman–Crippen MR) is 94.2 cm³/mol. The van der Waals surface area contributed by atoms with E-state index < -0.39 is 0 Å². The fraction of sp³-hybridized carbons (Fsp3) is 0.611. The molecule has 1 aliphatic rings. The summed E-state index contributed by atoms with van der Waals surface area (Å²) in [5.41, 5.74) is 7.25. The number of amides is 1. The number of benzene rings is 1. The van der Waals surface area contributed by atoms with Crippen molar-refractivity contribution < 1.29 is 4.79 Å². The second-order valence-electron chi connectivity index (χ2n) is 6.20. The number of halogens is 1. The van der Waals surface area contributed by atoms with Crippen molar-refractivity contribution in [1.29, 1.82) is 0 Å². The molecule has 0 spiro atoms. The molecule has 1 heterocycles. The Hall–Kier alpha value is -1.06. The number of likely N-dealkylation sites (tertiary alicyclic amines) is 1. The Kier molecular flexibility index (Phi) is 7.91. The molecule has 22 heavy (non-hydrogen) atoms. The molecule has 1 fully saturated rings. The van der Waals surface area contributed by atoms with Crippen LogP contribution in [0, 0.1) is 11.8 Å². The molecule has 2 atom stereocenters. The molecule has 3 nitrogen and oxygen atoms in total. The molecule has 0 aromatic heterocycles. The Balaban J connectivity index is 0.00000242. The smallest absolute Gasteiger partial charge is 0.222 e. The lowest BCUT2D eigenvalue weighted by atomic mass is 9.89. The zero-order chi connectivity index (χ0) is 15.2. The van der Waals surface area contributed by atoms with E-state index in [2.05, 4.69) is 38.1 Å². The van der Waals surface area contributed by atoms with Crippen molar-refractivity contribution >= 4 is 18.3 Å². The zero-order valence-electron chi connectivity index (χ0n) is 13.7. The maximum atomic E-state index is 12.5.